The minimum atomic E-state index is -0.201. The molecular weight excluding hydrogens is 402 g/mol. The number of hydrogen-bond donors (Lipinski definition) is 0. The molecule has 1 saturated carbocycles. The van der Waals surface area contributed by atoms with Crippen LogP contribution in [0.25, 0.3) is 11.4 Å². The lowest BCUT2D eigenvalue weighted by atomic mass is 9.93. The molecule has 1 amide bonds. The molecule has 30 heavy (non-hydrogen) atoms. The standard InChI is InChI=1S/C23H28ClN3O3/c1-15(2)11-20(29)13-27-14-21(25-22(27)16-5-4-6-17(24)12-16)23(30)26(3)18-7-9-19(28)10-8-18/h4-6,12,14-15,18H,7-11,13H2,1-3H3. The second kappa shape index (κ2) is 9.56. The number of imidazole rings is 1. The number of rotatable bonds is 7. The van der Waals surface area contributed by atoms with Crippen molar-refractivity contribution >= 4 is 29.1 Å². The SMILES string of the molecule is CC(C)CC(=O)Cn1cc(C(=O)N(C)C2CCC(=O)CC2)nc1-c1cccc(Cl)c1. The normalized spacial score (nSPS) is 14.9. The molecular formula is C23H28ClN3O3. The summed E-state index contributed by atoms with van der Waals surface area (Å²) >= 11 is 6.15. The highest BCUT2D eigenvalue weighted by Gasteiger charge is 2.28. The third kappa shape index (κ3) is 5.36. The first-order valence-corrected chi connectivity index (χ1v) is 10.8. The van der Waals surface area contributed by atoms with Crippen LogP contribution in [-0.2, 0) is 16.1 Å². The fraction of sp³-hybridized carbons (Fsp3) is 0.478. The number of nitrogens with zero attached hydrogens (tertiary/aromatic N) is 3. The molecule has 0 saturated heterocycles. The summed E-state index contributed by atoms with van der Waals surface area (Å²) in [6.45, 7) is 4.16. The average molecular weight is 430 g/mol. The molecule has 1 aromatic carbocycles. The Kier molecular flexibility index (Phi) is 7.08. The van der Waals surface area contributed by atoms with Crippen LogP contribution in [0, 0.1) is 5.92 Å². The van der Waals surface area contributed by atoms with Gasteiger partial charge in [0.1, 0.15) is 17.3 Å². The van der Waals surface area contributed by atoms with Crippen molar-refractivity contribution in [3.05, 3.63) is 41.2 Å². The van der Waals surface area contributed by atoms with Crippen LogP contribution < -0.4 is 0 Å². The van der Waals surface area contributed by atoms with Crippen molar-refractivity contribution in [2.75, 3.05) is 7.05 Å². The maximum atomic E-state index is 13.1. The first-order chi connectivity index (χ1) is 14.2. The first kappa shape index (κ1) is 22.2. The second-order valence-electron chi connectivity index (χ2n) is 8.41. The highest BCUT2D eigenvalue weighted by atomic mass is 35.5. The fourth-order valence-corrected chi connectivity index (χ4v) is 4.06. The Balaban J connectivity index is 1.89. The highest BCUT2D eigenvalue weighted by molar-refractivity contribution is 6.30. The van der Waals surface area contributed by atoms with Gasteiger partial charge in [-0.05, 0) is 30.9 Å². The minimum Gasteiger partial charge on any atom is -0.337 e. The van der Waals surface area contributed by atoms with Gasteiger partial charge in [0.2, 0.25) is 0 Å². The van der Waals surface area contributed by atoms with Gasteiger partial charge in [0.05, 0.1) is 6.54 Å². The summed E-state index contributed by atoms with van der Waals surface area (Å²) < 4.78 is 1.74. The van der Waals surface area contributed by atoms with Crippen LogP contribution in [0.15, 0.2) is 30.5 Å². The molecule has 1 fully saturated rings. The molecule has 160 valence electrons. The van der Waals surface area contributed by atoms with Crippen molar-refractivity contribution in [1.82, 2.24) is 14.5 Å². The van der Waals surface area contributed by atoms with Crippen LogP contribution in [-0.4, -0.2) is 45.0 Å². The first-order valence-electron chi connectivity index (χ1n) is 10.4. The fourth-order valence-electron chi connectivity index (χ4n) is 3.87. The quantitative estimate of drug-likeness (QED) is 0.653. The molecule has 6 nitrogen and oxygen atoms in total. The number of hydrogen-bond acceptors (Lipinski definition) is 4. The summed E-state index contributed by atoms with van der Waals surface area (Å²) in [5, 5.41) is 0.562. The van der Waals surface area contributed by atoms with Gasteiger partial charge in [-0.3, -0.25) is 14.4 Å². The van der Waals surface area contributed by atoms with Crippen molar-refractivity contribution in [2.24, 2.45) is 5.92 Å². The Bertz CT molecular complexity index is 941. The van der Waals surface area contributed by atoms with E-state index in [1.165, 1.54) is 0 Å². The topological polar surface area (TPSA) is 72.3 Å². The van der Waals surface area contributed by atoms with Crippen molar-refractivity contribution in [3.8, 4) is 11.4 Å². The molecule has 1 heterocycles. The lowest BCUT2D eigenvalue weighted by molar-refractivity contribution is -0.121. The second-order valence-corrected chi connectivity index (χ2v) is 8.85. The van der Waals surface area contributed by atoms with Crippen LogP contribution in [0.1, 0.15) is 56.4 Å². The van der Waals surface area contributed by atoms with Gasteiger partial charge in [0.25, 0.3) is 5.91 Å². The average Bonchev–Trinajstić information content (AvgIpc) is 3.10. The zero-order valence-corrected chi connectivity index (χ0v) is 18.5. The van der Waals surface area contributed by atoms with E-state index >= 15 is 0 Å². The summed E-state index contributed by atoms with van der Waals surface area (Å²) in [7, 11) is 1.75. The Morgan fingerprint density at radius 2 is 1.97 bits per heavy atom. The number of carbonyl (C=O) groups excluding carboxylic acids is 3. The number of carbonyl (C=O) groups is 3. The maximum absolute atomic E-state index is 13.1. The van der Waals surface area contributed by atoms with E-state index < -0.39 is 0 Å². The molecule has 3 rings (SSSR count). The molecule has 0 unspecified atom stereocenters. The van der Waals surface area contributed by atoms with E-state index in [4.69, 9.17) is 11.6 Å². The Morgan fingerprint density at radius 3 is 2.60 bits per heavy atom. The number of Topliss-reactive ketones (excluding diaryl/α,β-unsaturated/α-hetero) is 2. The van der Waals surface area contributed by atoms with Crippen LogP contribution in [0.4, 0.5) is 0 Å². The predicted molar refractivity (Wildman–Crippen MR) is 116 cm³/mol. The predicted octanol–water partition coefficient (Wildman–Crippen LogP) is 4.40. The number of ketones is 2. The third-order valence-electron chi connectivity index (χ3n) is 5.44. The summed E-state index contributed by atoms with van der Waals surface area (Å²) in [5.41, 5.74) is 1.05. The van der Waals surface area contributed by atoms with Gasteiger partial charge in [0, 0.05) is 49.1 Å². The summed E-state index contributed by atoms with van der Waals surface area (Å²) in [4.78, 5) is 43.3. The van der Waals surface area contributed by atoms with Crippen LogP contribution >= 0.6 is 11.6 Å². The van der Waals surface area contributed by atoms with Gasteiger partial charge < -0.3 is 9.47 Å². The lowest BCUT2D eigenvalue weighted by Crippen LogP contribution is -2.39. The van der Waals surface area contributed by atoms with E-state index in [9.17, 15) is 14.4 Å². The molecule has 1 aliphatic carbocycles. The van der Waals surface area contributed by atoms with Gasteiger partial charge in [-0.15, -0.1) is 0 Å². The van der Waals surface area contributed by atoms with Crippen molar-refractivity contribution in [2.45, 2.75) is 58.5 Å². The van der Waals surface area contributed by atoms with Crippen LogP contribution in [0.5, 0.6) is 0 Å². The maximum Gasteiger partial charge on any atom is 0.274 e. The molecule has 0 spiro atoms. The van der Waals surface area contributed by atoms with Gasteiger partial charge in [-0.2, -0.15) is 0 Å². The highest BCUT2D eigenvalue weighted by Crippen LogP contribution is 2.25. The van der Waals surface area contributed by atoms with E-state index in [-0.39, 0.29) is 36.0 Å². The van der Waals surface area contributed by atoms with E-state index in [1.807, 2.05) is 26.0 Å². The zero-order chi connectivity index (χ0) is 21.8. The third-order valence-corrected chi connectivity index (χ3v) is 5.68. The van der Waals surface area contributed by atoms with Crippen molar-refractivity contribution < 1.29 is 14.4 Å². The van der Waals surface area contributed by atoms with Crippen LogP contribution in [0.3, 0.4) is 0 Å². The lowest BCUT2D eigenvalue weighted by Gasteiger charge is -2.30. The van der Waals surface area contributed by atoms with Gasteiger partial charge in [-0.1, -0.05) is 37.6 Å². The molecule has 1 aromatic heterocycles. The van der Waals surface area contributed by atoms with Crippen LogP contribution in [0.2, 0.25) is 5.02 Å². The summed E-state index contributed by atoms with van der Waals surface area (Å²) in [6.07, 6.45) is 4.49. The summed E-state index contributed by atoms with van der Waals surface area (Å²) in [6, 6.07) is 7.25. The van der Waals surface area contributed by atoms with E-state index in [0.717, 1.165) is 5.56 Å². The van der Waals surface area contributed by atoms with E-state index in [1.54, 1.807) is 34.8 Å². The molecule has 1 aliphatic rings. The monoisotopic (exact) mass is 429 g/mol. The number of amides is 1. The molecule has 2 aromatic rings. The Hall–Kier alpha value is -2.47. The van der Waals surface area contributed by atoms with E-state index in [2.05, 4.69) is 4.98 Å². The molecule has 0 N–H and O–H groups in total. The summed E-state index contributed by atoms with van der Waals surface area (Å²) in [5.74, 6) is 0.946. The van der Waals surface area contributed by atoms with Crippen molar-refractivity contribution in [1.29, 1.82) is 0 Å². The Morgan fingerprint density at radius 1 is 1.27 bits per heavy atom. The Labute approximate surface area is 182 Å². The molecule has 0 bridgehead atoms. The molecule has 0 aliphatic heterocycles. The largest absolute Gasteiger partial charge is 0.337 e. The van der Waals surface area contributed by atoms with Gasteiger partial charge in [-0.25, -0.2) is 4.98 Å². The zero-order valence-electron chi connectivity index (χ0n) is 17.7. The smallest absolute Gasteiger partial charge is 0.274 e. The van der Waals surface area contributed by atoms with Gasteiger partial charge in [0.15, 0.2) is 5.78 Å². The minimum absolute atomic E-state index is 0.0255. The number of halogens is 1. The van der Waals surface area contributed by atoms with Crippen molar-refractivity contribution in [3.63, 3.8) is 0 Å². The molecule has 0 radical (unpaired) electrons. The van der Waals surface area contributed by atoms with E-state index in [0.29, 0.717) is 48.6 Å². The van der Waals surface area contributed by atoms with Gasteiger partial charge >= 0.3 is 0 Å². The molecule has 0 atom stereocenters. The number of aromatic nitrogens is 2. The molecule has 7 heteroatoms. The number of benzene rings is 1.